The van der Waals surface area contributed by atoms with Crippen molar-refractivity contribution in [3.8, 4) is 5.75 Å². The van der Waals surface area contributed by atoms with Crippen molar-refractivity contribution >= 4 is 11.5 Å². The number of methoxy groups -OCH3 is 1. The van der Waals surface area contributed by atoms with Gasteiger partial charge in [-0.25, -0.2) is 0 Å². The first-order valence-electron chi connectivity index (χ1n) is 10.4. The quantitative estimate of drug-likeness (QED) is 0.677. The number of hydrogen-bond donors (Lipinski definition) is 0. The summed E-state index contributed by atoms with van der Waals surface area (Å²) >= 11 is 0. The van der Waals surface area contributed by atoms with Gasteiger partial charge in [-0.15, -0.1) is 0 Å². The number of benzene rings is 2. The lowest BCUT2D eigenvalue weighted by Gasteiger charge is -2.38. The van der Waals surface area contributed by atoms with E-state index in [0.717, 1.165) is 42.8 Å². The predicted octanol–water partition coefficient (Wildman–Crippen LogP) is 4.53. The van der Waals surface area contributed by atoms with E-state index < -0.39 is 0 Å². The van der Waals surface area contributed by atoms with Gasteiger partial charge in [0.1, 0.15) is 5.75 Å². The second-order valence-corrected chi connectivity index (χ2v) is 7.88. The van der Waals surface area contributed by atoms with E-state index in [2.05, 4.69) is 48.0 Å². The van der Waals surface area contributed by atoms with Gasteiger partial charge < -0.3 is 14.5 Å². The Hall–Kier alpha value is -2.59. The highest BCUT2D eigenvalue weighted by Gasteiger charge is 2.29. The van der Waals surface area contributed by atoms with E-state index in [1.165, 1.54) is 11.1 Å². The van der Waals surface area contributed by atoms with Gasteiger partial charge in [0, 0.05) is 18.2 Å². The van der Waals surface area contributed by atoms with Crippen LogP contribution in [0.1, 0.15) is 36.5 Å². The third-order valence-corrected chi connectivity index (χ3v) is 5.78. The molecule has 3 rings (SSSR count). The molecule has 29 heavy (non-hydrogen) atoms. The highest BCUT2D eigenvalue weighted by molar-refractivity contribution is 6.19. The van der Waals surface area contributed by atoms with Crippen LogP contribution in [0.25, 0.3) is 5.57 Å². The Kier molecular flexibility index (Phi) is 7.10. The van der Waals surface area contributed by atoms with E-state index in [1.54, 1.807) is 7.11 Å². The lowest BCUT2D eigenvalue weighted by molar-refractivity contribution is -0.128. The van der Waals surface area contributed by atoms with Gasteiger partial charge in [-0.3, -0.25) is 4.79 Å². The number of rotatable bonds is 6. The first-order chi connectivity index (χ1) is 14.0. The van der Waals surface area contributed by atoms with Crippen LogP contribution in [-0.4, -0.2) is 49.0 Å². The third kappa shape index (κ3) is 5.27. The summed E-state index contributed by atoms with van der Waals surface area (Å²) < 4.78 is 5.26. The van der Waals surface area contributed by atoms with Gasteiger partial charge in [-0.05, 0) is 70.1 Å². The van der Waals surface area contributed by atoms with Gasteiger partial charge in [0.25, 0.3) is 5.91 Å². The smallest absolute Gasteiger partial charge is 0.254 e. The Morgan fingerprint density at radius 2 is 1.72 bits per heavy atom. The summed E-state index contributed by atoms with van der Waals surface area (Å²) in [5.74, 6) is 0.899. The molecule has 0 aliphatic carbocycles. The molecule has 0 aromatic heterocycles. The van der Waals surface area contributed by atoms with Crippen LogP contribution in [0.3, 0.4) is 0 Å². The number of nitrogens with zero attached hydrogens (tertiary/aromatic N) is 2. The van der Waals surface area contributed by atoms with E-state index in [0.29, 0.717) is 6.54 Å². The SMILES string of the molecule is C/C=C(/C(=O)N(Cc1ccc(C)cc1)C1CCN(C)CC1)c1ccc(OC)cc1. The molecule has 0 saturated carbocycles. The monoisotopic (exact) mass is 392 g/mol. The van der Waals surface area contributed by atoms with Gasteiger partial charge in [0.15, 0.2) is 0 Å². The second kappa shape index (κ2) is 9.75. The molecule has 4 nitrogen and oxygen atoms in total. The van der Waals surface area contributed by atoms with Crippen LogP contribution in [0, 0.1) is 6.92 Å². The fourth-order valence-electron chi connectivity index (χ4n) is 3.90. The molecule has 2 aromatic carbocycles. The Balaban J connectivity index is 1.87. The van der Waals surface area contributed by atoms with Crippen LogP contribution in [0.5, 0.6) is 5.75 Å². The summed E-state index contributed by atoms with van der Waals surface area (Å²) in [6, 6.07) is 16.5. The number of ether oxygens (including phenoxy) is 1. The van der Waals surface area contributed by atoms with Crippen molar-refractivity contribution in [1.82, 2.24) is 9.80 Å². The zero-order valence-electron chi connectivity index (χ0n) is 18.0. The number of hydrogen-bond acceptors (Lipinski definition) is 3. The van der Waals surface area contributed by atoms with E-state index in [-0.39, 0.29) is 11.9 Å². The highest BCUT2D eigenvalue weighted by atomic mass is 16.5. The van der Waals surface area contributed by atoms with E-state index in [9.17, 15) is 4.79 Å². The number of allylic oxidation sites excluding steroid dienone is 1. The zero-order chi connectivity index (χ0) is 20.8. The average Bonchev–Trinajstić information content (AvgIpc) is 2.75. The molecule has 4 heteroatoms. The Labute approximate surface area is 174 Å². The molecule has 0 atom stereocenters. The number of amides is 1. The highest BCUT2D eigenvalue weighted by Crippen LogP contribution is 2.26. The molecule has 1 amide bonds. The molecule has 1 fully saturated rings. The molecule has 2 aromatic rings. The minimum Gasteiger partial charge on any atom is -0.497 e. The summed E-state index contributed by atoms with van der Waals surface area (Å²) in [6.07, 6.45) is 3.95. The molecule has 0 bridgehead atoms. The van der Waals surface area contributed by atoms with E-state index in [4.69, 9.17) is 4.74 Å². The predicted molar refractivity (Wildman–Crippen MR) is 119 cm³/mol. The Bertz CT molecular complexity index is 832. The van der Waals surface area contributed by atoms with Crippen LogP contribution < -0.4 is 4.74 Å². The molecule has 154 valence electrons. The standard InChI is InChI=1S/C25H32N2O2/c1-5-24(21-10-12-23(29-4)13-11-21)25(28)27(22-14-16-26(3)17-15-22)18-20-8-6-19(2)7-9-20/h5-13,22H,14-18H2,1-4H3/b24-5+. The summed E-state index contributed by atoms with van der Waals surface area (Å²) in [5, 5.41) is 0. The normalized spacial score (nSPS) is 15.9. The maximum Gasteiger partial charge on any atom is 0.254 e. The van der Waals surface area contributed by atoms with Crippen LogP contribution in [-0.2, 0) is 11.3 Å². The molecule has 1 heterocycles. The van der Waals surface area contributed by atoms with Crippen molar-refractivity contribution in [2.75, 3.05) is 27.2 Å². The molecule has 0 radical (unpaired) electrons. The fourth-order valence-corrected chi connectivity index (χ4v) is 3.90. The summed E-state index contributed by atoms with van der Waals surface area (Å²) in [7, 11) is 3.80. The summed E-state index contributed by atoms with van der Waals surface area (Å²) in [4.78, 5) is 18.1. The average molecular weight is 393 g/mol. The third-order valence-electron chi connectivity index (χ3n) is 5.78. The van der Waals surface area contributed by atoms with Gasteiger partial charge in [-0.2, -0.15) is 0 Å². The fraction of sp³-hybridized carbons (Fsp3) is 0.400. The minimum absolute atomic E-state index is 0.104. The van der Waals surface area contributed by atoms with Gasteiger partial charge >= 0.3 is 0 Å². The Morgan fingerprint density at radius 1 is 1.10 bits per heavy atom. The summed E-state index contributed by atoms with van der Waals surface area (Å²) in [5.41, 5.74) is 4.09. The second-order valence-electron chi connectivity index (χ2n) is 7.88. The molecule has 0 unspecified atom stereocenters. The number of aryl methyl sites for hydroxylation is 1. The van der Waals surface area contributed by atoms with Crippen molar-refractivity contribution in [2.24, 2.45) is 0 Å². The lowest BCUT2D eigenvalue weighted by Crippen LogP contribution is -2.46. The van der Waals surface area contributed by atoms with Crippen molar-refractivity contribution in [1.29, 1.82) is 0 Å². The molecule has 0 spiro atoms. The van der Waals surface area contributed by atoms with Crippen molar-refractivity contribution in [3.05, 3.63) is 71.3 Å². The van der Waals surface area contributed by atoms with Crippen LogP contribution in [0.4, 0.5) is 0 Å². The number of likely N-dealkylation sites (tertiary alicyclic amines) is 1. The summed E-state index contributed by atoms with van der Waals surface area (Å²) in [6.45, 7) is 6.72. The number of carbonyl (C=O) groups excluding carboxylic acids is 1. The topological polar surface area (TPSA) is 32.8 Å². The maximum atomic E-state index is 13.7. The van der Waals surface area contributed by atoms with Crippen LogP contribution in [0.2, 0.25) is 0 Å². The first-order valence-corrected chi connectivity index (χ1v) is 10.4. The van der Waals surface area contributed by atoms with E-state index >= 15 is 0 Å². The maximum absolute atomic E-state index is 13.7. The molecule has 1 aliphatic heterocycles. The number of piperidine rings is 1. The van der Waals surface area contributed by atoms with Gasteiger partial charge in [0.05, 0.1) is 7.11 Å². The lowest BCUT2D eigenvalue weighted by atomic mass is 9.98. The largest absolute Gasteiger partial charge is 0.497 e. The molecule has 1 aliphatic rings. The minimum atomic E-state index is 0.104. The van der Waals surface area contributed by atoms with Crippen molar-refractivity contribution < 1.29 is 9.53 Å². The van der Waals surface area contributed by atoms with Crippen molar-refractivity contribution in [2.45, 2.75) is 39.3 Å². The molecule has 0 N–H and O–H groups in total. The van der Waals surface area contributed by atoms with Gasteiger partial charge in [-0.1, -0.05) is 48.0 Å². The van der Waals surface area contributed by atoms with Gasteiger partial charge in [0.2, 0.25) is 0 Å². The Morgan fingerprint density at radius 3 is 2.28 bits per heavy atom. The van der Waals surface area contributed by atoms with Crippen molar-refractivity contribution in [3.63, 3.8) is 0 Å². The molecule has 1 saturated heterocycles. The molecular weight excluding hydrogens is 360 g/mol. The molecular formula is C25H32N2O2. The first kappa shape index (κ1) is 21.1. The van der Waals surface area contributed by atoms with Crippen LogP contribution >= 0.6 is 0 Å². The zero-order valence-corrected chi connectivity index (χ0v) is 18.0. The number of carbonyl (C=O) groups is 1. The van der Waals surface area contributed by atoms with E-state index in [1.807, 2.05) is 37.3 Å². The van der Waals surface area contributed by atoms with Crippen LogP contribution in [0.15, 0.2) is 54.6 Å².